The van der Waals surface area contributed by atoms with Gasteiger partial charge in [0.1, 0.15) is 4.83 Å². The van der Waals surface area contributed by atoms with Crippen LogP contribution in [0.1, 0.15) is 11.1 Å². The summed E-state index contributed by atoms with van der Waals surface area (Å²) in [6.07, 6.45) is 0.513. The minimum atomic E-state index is -0.373. The van der Waals surface area contributed by atoms with Crippen LogP contribution < -0.4 is 0 Å². The monoisotopic (exact) mass is 345 g/mol. The summed E-state index contributed by atoms with van der Waals surface area (Å²) in [7, 11) is 1.35. The van der Waals surface area contributed by atoms with Crippen molar-refractivity contribution < 1.29 is 9.53 Å². The molecule has 0 fully saturated rings. The number of alkyl halides is 1. The summed E-state index contributed by atoms with van der Waals surface area (Å²) in [5.41, 5.74) is 1.53. The van der Waals surface area contributed by atoms with Crippen LogP contribution in [0.2, 0.25) is 0 Å². The molecule has 16 heavy (non-hydrogen) atoms. The predicted octanol–water partition coefficient (Wildman–Crippen LogP) is 2.80. The zero-order valence-electron chi connectivity index (χ0n) is 8.54. The third kappa shape index (κ3) is 3.32. The van der Waals surface area contributed by atoms with Crippen LogP contribution in [-0.2, 0) is 16.0 Å². The maximum atomic E-state index is 11.2. The molecule has 0 aromatic heterocycles. The van der Waals surface area contributed by atoms with Crippen molar-refractivity contribution in [2.75, 3.05) is 7.11 Å². The van der Waals surface area contributed by atoms with Gasteiger partial charge in [-0.05, 0) is 24.1 Å². The van der Waals surface area contributed by atoms with Crippen LogP contribution in [0.3, 0.4) is 0 Å². The Kier molecular flexibility index (Phi) is 4.97. The van der Waals surface area contributed by atoms with E-state index in [1.54, 1.807) is 12.1 Å². The van der Waals surface area contributed by atoms with Crippen LogP contribution in [0, 0.1) is 11.3 Å². The molecule has 0 saturated carbocycles. The highest BCUT2D eigenvalue weighted by Gasteiger charge is 2.17. The lowest BCUT2D eigenvalue weighted by molar-refractivity contribution is -0.139. The van der Waals surface area contributed by atoms with Crippen molar-refractivity contribution in [2.45, 2.75) is 11.2 Å². The average Bonchev–Trinajstić information content (AvgIpc) is 2.30. The summed E-state index contributed by atoms with van der Waals surface area (Å²) in [5.74, 6) is -0.309. The molecule has 1 unspecified atom stereocenters. The van der Waals surface area contributed by atoms with Gasteiger partial charge in [0, 0.05) is 4.47 Å². The first-order valence-corrected chi connectivity index (χ1v) is 6.19. The van der Waals surface area contributed by atoms with Crippen LogP contribution in [0.5, 0.6) is 0 Å². The zero-order chi connectivity index (χ0) is 12.1. The number of rotatable bonds is 3. The first-order chi connectivity index (χ1) is 7.58. The standard InChI is InChI=1S/C11H9Br2NO2/c1-16-11(15)10(13)5-8-3-2-7(6-14)4-9(8)12/h2-4,10H,5H2,1H3. The third-order valence-electron chi connectivity index (χ3n) is 2.04. The zero-order valence-corrected chi connectivity index (χ0v) is 11.7. The lowest BCUT2D eigenvalue weighted by Crippen LogP contribution is -2.18. The SMILES string of the molecule is COC(=O)C(Br)Cc1ccc(C#N)cc1Br. The second-order valence-electron chi connectivity index (χ2n) is 3.11. The maximum Gasteiger partial charge on any atom is 0.319 e. The summed E-state index contributed by atoms with van der Waals surface area (Å²) >= 11 is 6.61. The van der Waals surface area contributed by atoms with Gasteiger partial charge in [0.25, 0.3) is 0 Å². The van der Waals surface area contributed by atoms with Gasteiger partial charge in [0.05, 0.1) is 18.7 Å². The largest absolute Gasteiger partial charge is 0.468 e. The van der Waals surface area contributed by atoms with Crippen molar-refractivity contribution in [2.24, 2.45) is 0 Å². The summed E-state index contributed by atoms with van der Waals surface area (Å²) in [6, 6.07) is 7.32. The van der Waals surface area contributed by atoms with E-state index in [1.807, 2.05) is 12.1 Å². The number of carbonyl (C=O) groups is 1. The van der Waals surface area contributed by atoms with Crippen molar-refractivity contribution >= 4 is 37.8 Å². The number of nitriles is 1. The minimum Gasteiger partial charge on any atom is -0.468 e. The number of hydrogen-bond donors (Lipinski definition) is 0. The maximum absolute atomic E-state index is 11.2. The highest BCUT2D eigenvalue weighted by molar-refractivity contribution is 9.10. The molecule has 0 N–H and O–H groups in total. The second kappa shape index (κ2) is 6.02. The molecule has 0 aliphatic rings. The molecule has 5 heteroatoms. The Hall–Kier alpha value is -0.860. The van der Waals surface area contributed by atoms with Gasteiger partial charge in [0.2, 0.25) is 0 Å². The highest BCUT2D eigenvalue weighted by atomic mass is 79.9. The molecule has 1 atom stereocenters. The molecule has 1 aromatic rings. The van der Waals surface area contributed by atoms with E-state index in [-0.39, 0.29) is 10.8 Å². The van der Waals surface area contributed by atoms with Gasteiger partial charge in [0.15, 0.2) is 0 Å². The topological polar surface area (TPSA) is 50.1 Å². The Morgan fingerprint density at radius 3 is 2.81 bits per heavy atom. The molecular weight excluding hydrogens is 338 g/mol. The van der Waals surface area contributed by atoms with Gasteiger partial charge in [-0.3, -0.25) is 4.79 Å². The van der Waals surface area contributed by atoms with Gasteiger partial charge < -0.3 is 4.74 Å². The molecule has 0 aliphatic heterocycles. The molecule has 0 radical (unpaired) electrons. The van der Waals surface area contributed by atoms with Crippen molar-refractivity contribution in [1.82, 2.24) is 0 Å². The van der Waals surface area contributed by atoms with E-state index in [2.05, 4.69) is 36.6 Å². The Morgan fingerprint density at radius 2 is 2.31 bits per heavy atom. The number of hydrogen-bond acceptors (Lipinski definition) is 3. The van der Waals surface area contributed by atoms with E-state index >= 15 is 0 Å². The number of nitrogens with zero attached hydrogens (tertiary/aromatic N) is 1. The molecule has 0 saturated heterocycles. The van der Waals surface area contributed by atoms with E-state index in [1.165, 1.54) is 7.11 Å². The first kappa shape index (κ1) is 13.2. The smallest absolute Gasteiger partial charge is 0.319 e. The summed E-state index contributed by atoms with van der Waals surface area (Å²) in [4.78, 5) is 10.8. The van der Waals surface area contributed by atoms with Crippen molar-refractivity contribution in [3.8, 4) is 6.07 Å². The molecule has 3 nitrogen and oxygen atoms in total. The average molecular weight is 347 g/mol. The Labute approximate surface area is 111 Å². The first-order valence-electron chi connectivity index (χ1n) is 4.49. The highest BCUT2D eigenvalue weighted by Crippen LogP contribution is 2.22. The predicted molar refractivity (Wildman–Crippen MR) is 67.3 cm³/mol. The minimum absolute atomic E-state index is 0.309. The van der Waals surface area contributed by atoms with Crippen LogP contribution in [-0.4, -0.2) is 17.9 Å². The number of carbonyl (C=O) groups excluding carboxylic acids is 1. The summed E-state index contributed by atoms with van der Waals surface area (Å²) < 4.78 is 5.43. The normalized spacial score (nSPS) is 11.6. The molecule has 84 valence electrons. The van der Waals surface area contributed by atoms with Gasteiger partial charge in [-0.2, -0.15) is 5.26 Å². The number of esters is 1. The molecule has 0 heterocycles. The lowest BCUT2D eigenvalue weighted by Gasteiger charge is -2.09. The van der Waals surface area contributed by atoms with Crippen molar-refractivity contribution in [1.29, 1.82) is 5.26 Å². The van der Waals surface area contributed by atoms with Crippen LogP contribution in [0.4, 0.5) is 0 Å². The molecule has 1 aromatic carbocycles. The van der Waals surface area contributed by atoms with Crippen LogP contribution in [0.15, 0.2) is 22.7 Å². The fraction of sp³-hybridized carbons (Fsp3) is 0.273. The fourth-order valence-corrected chi connectivity index (χ4v) is 2.26. The third-order valence-corrected chi connectivity index (χ3v) is 3.47. The Bertz CT molecular complexity index is 440. The van der Waals surface area contributed by atoms with Gasteiger partial charge >= 0.3 is 5.97 Å². The molecule has 1 rings (SSSR count). The number of ether oxygens (including phenoxy) is 1. The summed E-state index contributed by atoms with van der Waals surface area (Å²) in [5, 5.41) is 8.71. The molecular formula is C11H9Br2NO2. The van der Waals surface area contributed by atoms with E-state index in [0.717, 1.165) is 10.0 Å². The number of halogens is 2. The van der Waals surface area contributed by atoms with E-state index in [0.29, 0.717) is 12.0 Å². The van der Waals surface area contributed by atoms with Crippen molar-refractivity contribution in [3.05, 3.63) is 33.8 Å². The van der Waals surface area contributed by atoms with E-state index in [9.17, 15) is 4.79 Å². The number of benzene rings is 1. The van der Waals surface area contributed by atoms with Crippen LogP contribution >= 0.6 is 31.9 Å². The quantitative estimate of drug-likeness (QED) is 0.624. The van der Waals surface area contributed by atoms with Gasteiger partial charge in [-0.15, -0.1) is 0 Å². The van der Waals surface area contributed by atoms with Gasteiger partial charge in [-0.25, -0.2) is 0 Å². The molecule has 0 bridgehead atoms. The molecule has 0 spiro atoms. The molecule has 0 aliphatic carbocycles. The fourth-order valence-electron chi connectivity index (χ4n) is 1.19. The molecule has 0 amide bonds. The van der Waals surface area contributed by atoms with Crippen molar-refractivity contribution in [3.63, 3.8) is 0 Å². The Balaban J connectivity index is 2.83. The van der Waals surface area contributed by atoms with Crippen LogP contribution in [0.25, 0.3) is 0 Å². The lowest BCUT2D eigenvalue weighted by atomic mass is 10.1. The second-order valence-corrected chi connectivity index (χ2v) is 5.07. The van der Waals surface area contributed by atoms with E-state index < -0.39 is 0 Å². The number of methoxy groups -OCH3 is 1. The Morgan fingerprint density at radius 1 is 1.62 bits per heavy atom. The summed E-state index contributed by atoms with van der Waals surface area (Å²) in [6.45, 7) is 0. The van der Waals surface area contributed by atoms with Gasteiger partial charge in [-0.1, -0.05) is 37.9 Å². The van der Waals surface area contributed by atoms with E-state index in [4.69, 9.17) is 5.26 Å².